The van der Waals surface area contributed by atoms with Gasteiger partial charge in [0.15, 0.2) is 0 Å². The van der Waals surface area contributed by atoms with Crippen LogP contribution in [0, 0.1) is 11.6 Å². The summed E-state index contributed by atoms with van der Waals surface area (Å²) in [7, 11) is 0. The van der Waals surface area contributed by atoms with E-state index in [0.717, 1.165) is 25.0 Å². The molecule has 0 saturated heterocycles. The Kier molecular flexibility index (Phi) is 2.97. The molecule has 19 heavy (non-hydrogen) atoms. The highest BCUT2D eigenvalue weighted by Crippen LogP contribution is 2.48. The third-order valence-corrected chi connectivity index (χ3v) is 3.79. The number of hydrogen-bond acceptors (Lipinski definition) is 1. The summed E-state index contributed by atoms with van der Waals surface area (Å²) in [4.78, 5) is 0. The largest absolute Gasteiger partial charge is 0.382 e. The highest BCUT2D eigenvalue weighted by atomic mass is 19.1. The Morgan fingerprint density at radius 1 is 1.00 bits per heavy atom. The summed E-state index contributed by atoms with van der Waals surface area (Å²) in [6, 6.07) is 13.7. The average molecular weight is 259 g/mol. The first kappa shape index (κ1) is 12.2. The van der Waals surface area contributed by atoms with Crippen LogP contribution in [0.25, 0.3) is 0 Å². The Labute approximate surface area is 111 Å². The van der Waals surface area contributed by atoms with Crippen LogP contribution in [0.4, 0.5) is 14.5 Å². The second-order valence-electron chi connectivity index (χ2n) is 5.12. The van der Waals surface area contributed by atoms with Crippen LogP contribution in [-0.2, 0) is 5.41 Å². The van der Waals surface area contributed by atoms with Gasteiger partial charge in [-0.1, -0.05) is 30.3 Å². The molecule has 3 rings (SSSR count). The van der Waals surface area contributed by atoms with Crippen molar-refractivity contribution >= 4 is 5.69 Å². The van der Waals surface area contributed by atoms with Crippen LogP contribution in [0.1, 0.15) is 18.4 Å². The second-order valence-corrected chi connectivity index (χ2v) is 5.12. The highest BCUT2D eigenvalue weighted by Gasteiger charge is 2.43. The standard InChI is InChI=1S/C16H15F2N/c17-13-6-7-14(18)15(10-13)19-11-16(8-9-16)12-4-2-1-3-5-12/h1-7,10,19H,8-9,11H2. The predicted octanol–water partition coefficient (Wildman–Crippen LogP) is 4.11. The van der Waals surface area contributed by atoms with Gasteiger partial charge in [-0.15, -0.1) is 0 Å². The molecule has 2 aromatic rings. The van der Waals surface area contributed by atoms with Crippen LogP contribution in [0.2, 0.25) is 0 Å². The number of halogens is 2. The van der Waals surface area contributed by atoms with Gasteiger partial charge in [0.25, 0.3) is 0 Å². The predicted molar refractivity (Wildman–Crippen MR) is 72.2 cm³/mol. The van der Waals surface area contributed by atoms with Gasteiger partial charge in [-0.05, 0) is 36.6 Å². The number of rotatable bonds is 4. The molecule has 1 saturated carbocycles. The average Bonchev–Trinajstić information content (AvgIpc) is 3.22. The van der Waals surface area contributed by atoms with Crippen LogP contribution in [-0.4, -0.2) is 6.54 Å². The zero-order valence-corrected chi connectivity index (χ0v) is 10.5. The number of anilines is 1. The van der Waals surface area contributed by atoms with Crippen molar-refractivity contribution < 1.29 is 8.78 Å². The zero-order valence-electron chi connectivity index (χ0n) is 10.5. The third-order valence-electron chi connectivity index (χ3n) is 3.79. The maximum absolute atomic E-state index is 13.5. The molecule has 1 aliphatic carbocycles. The summed E-state index contributed by atoms with van der Waals surface area (Å²) in [5.74, 6) is -0.835. The van der Waals surface area contributed by atoms with Gasteiger partial charge in [0.2, 0.25) is 0 Å². The van der Waals surface area contributed by atoms with E-state index in [0.29, 0.717) is 6.54 Å². The lowest BCUT2D eigenvalue weighted by atomic mass is 9.96. The lowest BCUT2D eigenvalue weighted by Crippen LogP contribution is -2.20. The first-order valence-corrected chi connectivity index (χ1v) is 6.44. The molecule has 1 N–H and O–H groups in total. The Balaban J connectivity index is 1.75. The molecule has 2 aromatic carbocycles. The summed E-state index contributed by atoms with van der Waals surface area (Å²) < 4.78 is 26.6. The van der Waals surface area contributed by atoms with Crippen LogP contribution < -0.4 is 5.32 Å². The van der Waals surface area contributed by atoms with E-state index >= 15 is 0 Å². The van der Waals surface area contributed by atoms with Crippen molar-refractivity contribution in [3.8, 4) is 0 Å². The molecule has 1 nitrogen and oxygen atoms in total. The second kappa shape index (κ2) is 4.65. The zero-order chi connectivity index (χ0) is 13.3. The molecule has 98 valence electrons. The van der Waals surface area contributed by atoms with Gasteiger partial charge in [-0.3, -0.25) is 0 Å². The summed E-state index contributed by atoms with van der Waals surface area (Å²) in [6.45, 7) is 0.636. The first-order chi connectivity index (χ1) is 9.20. The number of benzene rings is 2. The summed E-state index contributed by atoms with van der Waals surface area (Å²) >= 11 is 0. The van der Waals surface area contributed by atoms with E-state index in [1.165, 1.54) is 11.6 Å². The Morgan fingerprint density at radius 3 is 2.42 bits per heavy atom. The lowest BCUT2D eigenvalue weighted by molar-refractivity contribution is 0.600. The van der Waals surface area contributed by atoms with Crippen molar-refractivity contribution in [3.63, 3.8) is 0 Å². The molecule has 0 bridgehead atoms. The van der Waals surface area contributed by atoms with Crippen molar-refractivity contribution in [3.05, 3.63) is 65.7 Å². The van der Waals surface area contributed by atoms with Crippen molar-refractivity contribution in [2.45, 2.75) is 18.3 Å². The fourth-order valence-corrected chi connectivity index (χ4v) is 2.41. The Morgan fingerprint density at radius 2 is 1.74 bits per heavy atom. The molecular weight excluding hydrogens is 244 g/mol. The minimum atomic E-state index is -0.423. The fourth-order valence-electron chi connectivity index (χ4n) is 2.41. The lowest BCUT2D eigenvalue weighted by Gasteiger charge is -2.17. The smallest absolute Gasteiger partial charge is 0.146 e. The van der Waals surface area contributed by atoms with E-state index < -0.39 is 11.6 Å². The normalized spacial score (nSPS) is 16.1. The minimum Gasteiger partial charge on any atom is -0.382 e. The molecule has 0 unspecified atom stereocenters. The van der Waals surface area contributed by atoms with E-state index in [4.69, 9.17) is 0 Å². The molecule has 0 amide bonds. The molecule has 0 atom stereocenters. The monoisotopic (exact) mass is 259 g/mol. The van der Waals surface area contributed by atoms with Crippen LogP contribution in [0.15, 0.2) is 48.5 Å². The molecule has 1 aliphatic rings. The summed E-state index contributed by atoms with van der Waals surface area (Å²) in [5.41, 5.74) is 1.58. The highest BCUT2D eigenvalue weighted by molar-refractivity contribution is 5.47. The van der Waals surface area contributed by atoms with Gasteiger partial charge < -0.3 is 5.32 Å². The molecule has 1 fully saturated rings. The van der Waals surface area contributed by atoms with E-state index in [9.17, 15) is 8.78 Å². The maximum Gasteiger partial charge on any atom is 0.146 e. The maximum atomic E-state index is 13.5. The third kappa shape index (κ3) is 2.46. The fraction of sp³-hybridized carbons (Fsp3) is 0.250. The molecule has 0 spiro atoms. The van der Waals surface area contributed by atoms with Crippen LogP contribution in [0.5, 0.6) is 0 Å². The molecule has 0 aromatic heterocycles. The topological polar surface area (TPSA) is 12.0 Å². The summed E-state index contributed by atoms with van der Waals surface area (Å²) in [5, 5.41) is 3.04. The van der Waals surface area contributed by atoms with E-state index in [1.807, 2.05) is 18.2 Å². The van der Waals surface area contributed by atoms with Crippen LogP contribution in [0.3, 0.4) is 0 Å². The van der Waals surface area contributed by atoms with E-state index in [1.54, 1.807) is 0 Å². The van der Waals surface area contributed by atoms with Crippen molar-refractivity contribution in [2.24, 2.45) is 0 Å². The summed E-state index contributed by atoms with van der Waals surface area (Å²) in [6.07, 6.45) is 2.17. The van der Waals surface area contributed by atoms with Gasteiger partial charge >= 0.3 is 0 Å². The SMILES string of the molecule is Fc1ccc(F)c(NCC2(c3ccccc3)CC2)c1. The number of hydrogen-bond donors (Lipinski definition) is 1. The molecular formula is C16H15F2N. The molecule has 0 aliphatic heterocycles. The van der Waals surface area contributed by atoms with E-state index in [-0.39, 0.29) is 11.1 Å². The Bertz CT molecular complexity index is 577. The van der Waals surface area contributed by atoms with Gasteiger partial charge in [0.05, 0.1) is 5.69 Å². The molecule has 0 radical (unpaired) electrons. The van der Waals surface area contributed by atoms with Gasteiger partial charge in [-0.2, -0.15) is 0 Å². The first-order valence-electron chi connectivity index (χ1n) is 6.44. The number of nitrogens with one attached hydrogen (secondary N) is 1. The van der Waals surface area contributed by atoms with Crippen molar-refractivity contribution in [2.75, 3.05) is 11.9 Å². The van der Waals surface area contributed by atoms with Crippen molar-refractivity contribution in [1.29, 1.82) is 0 Å². The minimum absolute atomic E-state index is 0.0834. The Hall–Kier alpha value is -1.90. The molecule has 0 heterocycles. The van der Waals surface area contributed by atoms with Crippen LogP contribution >= 0.6 is 0 Å². The van der Waals surface area contributed by atoms with Gasteiger partial charge in [0, 0.05) is 12.0 Å². The molecule has 3 heteroatoms. The van der Waals surface area contributed by atoms with Gasteiger partial charge in [-0.25, -0.2) is 8.78 Å². The van der Waals surface area contributed by atoms with Gasteiger partial charge in [0.1, 0.15) is 11.6 Å². The van der Waals surface area contributed by atoms with E-state index in [2.05, 4.69) is 17.4 Å². The van der Waals surface area contributed by atoms with Crippen molar-refractivity contribution in [1.82, 2.24) is 0 Å². The quantitative estimate of drug-likeness (QED) is 0.871.